The predicted octanol–water partition coefficient (Wildman–Crippen LogP) is 3.57. The van der Waals surface area contributed by atoms with Crippen molar-refractivity contribution in [3.63, 3.8) is 0 Å². The molecule has 2 N–H and O–H groups in total. The Labute approximate surface area is 156 Å². The first-order chi connectivity index (χ1) is 12.6. The average Bonchev–Trinajstić information content (AvgIpc) is 3.21. The molecule has 6 heteroatoms. The van der Waals surface area contributed by atoms with Gasteiger partial charge in [-0.1, -0.05) is 54.1 Å². The molecule has 0 aliphatic rings. The second-order valence-corrected chi connectivity index (χ2v) is 6.09. The monoisotopic (exact) mass is 368 g/mol. The smallest absolute Gasteiger partial charge is 0.254 e. The molecule has 3 aromatic rings. The Bertz CT molecular complexity index is 862. The van der Waals surface area contributed by atoms with Crippen molar-refractivity contribution in [3.05, 3.63) is 94.9 Å². The molecule has 5 nitrogen and oxygen atoms in total. The second kappa shape index (κ2) is 8.36. The molecule has 0 saturated heterocycles. The van der Waals surface area contributed by atoms with Crippen molar-refractivity contribution < 1.29 is 14.0 Å². The van der Waals surface area contributed by atoms with Crippen molar-refractivity contribution in [2.45, 2.75) is 6.04 Å². The third-order valence-corrected chi connectivity index (χ3v) is 4.09. The maximum Gasteiger partial charge on any atom is 0.254 e. The molecule has 0 fully saturated rings. The molecule has 1 aromatic heterocycles. The van der Waals surface area contributed by atoms with E-state index in [1.807, 2.05) is 42.5 Å². The number of rotatable bonds is 6. The minimum absolute atomic E-state index is 0.138. The van der Waals surface area contributed by atoms with Gasteiger partial charge in [-0.3, -0.25) is 9.59 Å². The molecule has 3 rings (SSSR count). The van der Waals surface area contributed by atoms with Crippen molar-refractivity contribution in [2.24, 2.45) is 0 Å². The normalized spacial score (nSPS) is 11.6. The van der Waals surface area contributed by atoms with Crippen LogP contribution in [0, 0.1) is 0 Å². The lowest BCUT2D eigenvalue weighted by Gasteiger charge is -2.20. The highest BCUT2D eigenvalue weighted by molar-refractivity contribution is 6.30. The zero-order valence-corrected chi connectivity index (χ0v) is 14.6. The highest BCUT2D eigenvalue weighted by Gasteiger charge is 2.17. The second-order valence-electron chi connectivity index (χ2n) is 5.66. The number of nitrogens with one attached hydrogen (secondary N) is 2. The highest BCUT2D eigenvalue weighted by atomic mass is 35.5. The van der Waals surface area contributed by atoms with Crippen LogP contribution in [-0.2, 0) is 4.79 Å². The van der Waals surface area contributed by atoms with Gasteiger partial charge in [0, 0.05) is 5.02 Å². The molecule has 1 unspecified atom stereocenters. The molecule has 2 aromatic carbocycles. The first kappa shape index (κ1) is 17.8. The fraction of sp³-hybridized carbons (Fsp3) is 0.100. The van der Waals surface area contributed by atoms with Gasteiger partial charge in [0.05, 0.1) is 24.4 Å². The maximum absolute atomic E-state index is 12.4. The van der Waals surface area contributed by atoms with Crippen LogP contribution in [0.1, 0.15) is 27.5 Å². The van der Waals surface area contributed by atoms with Gasteiger partial charge in [0.1, 0.15) is 6.26 Å². The van der Waals surface area contributed by atoms with Crippen LogP contribution in [0.3, 0.4) is 0 Å². The lowest BCUT2D eigenvalue weighted by molar-refractivity contribution is -0.120. The quantitative estimate of drug-likeness (QED) is 0.698. The zero-order chi connectivity index (χ0) is 18.4. The Morgan fingerprint density at radius 2 is 1.65 bits per heavy atom. The van der Waals surface area contributed by atoms with Crippen LogP contribution in [0.15, 0.2) is 77.6 Å². The lowest BCUT2D eigenvalue weighted by atomic mass is 9.98. The molecular formula is C20H17ClN2O3. The van der Waals surface area contributed by atoms with Gasteiger partial charge in [0.25, 0.3) is 5.91 Å². The summed E-state index contributed by atoms with van der Waals surface area (Å²) in [7, 11) is 0. The molecule has 0 saturated carbocycles. The Kier molecular flexibility index (Phi) is 5.71. The fourth-order valence-electron chi connectivity index (χ4n) is 2.53. The minimum Gasteiger partial charge on any atom is -0.472 e. The van der Waals surface area contributed by atoms with Crippen LogP contribution < -0.4 is 10.6 Å². The number of halogens is 1. The Hall–Kier alpha value is -3.05. The summed E-state index contributed by atoms with van der Waals surface area (Å²) in [6.45, 7) is -0.138. The SMILES string of the molecule is O=C(CNC(=O)c1ccoc1)NC(c1ccccc1)c1ccc(Cl)cc1. The van der Waals surface area contributed by atoms with Gasteiger partial charge in [-0.15, -0.1) is 0 Å². The number of furan rings is 1. The Balaban J connectivity index is 1.70. The van der Waals surface area contributed by atoms with E-state index in [0.717, 1.165) is 11.1 Å². The molecular weight excluding hydrogens is 352 g/mol. The molecule has 0 radical (unpaired) electrons. The molecule has 132 valence electrons. The molecule has 0 aliphatic heterocycles. The summed E-state index contributed by atoms with van der Waals surface area (Å²) in [6.07, 6.45) is 2.73. The number of carbonyl (C=O) groups is 2. The molecule has 1 atom stereocenters. The summed E-state index contributed by atoms with van der Waals surface area (Å²) in [5.74, 6) is -0.665. The summed E-state index contributed by atoms with van der Waals surface area (Å²) >= 11 is 5.96. The van der Waals surface area contributed by atoms with Crippen LogP contribution in [0.4, 0.5) is 0 Å². The van der Waals surface area contributed by atoms with E-state index in [9.17, 15) is 9.59 Å². The number of hydrogen-bond donors (Lipinski definition) is 2. The molecule has 0 bridgehead atoms. The van der Waals surface area contributed by atoms with Crippen LogP contribution in [0.5, 0.6) is 0 Å². The van der Waals surface area contributed by atoms with Crippen molar-refractivity contribution in [3.8, 4) is 0 Å². The van der Waals surface area contributed by atoms with Crippen LogP contribution in [0.2, 0.25) is 5.02 Å². The number of amides is 2. The van der Waals surface area contributed by atoms with Gasteiger partial charge < -0.3 is 15.1 Å². The predicted molar refractivity (Wildman–Crippen MR) is 98.9 cm³/mol. The standard InChI is InChI=1S/C20H17ClN2O3/c21-17-8-6-15(7-9-17)19(14-4-2-1-3-5-14)23-18(24)12-22-20(25)16-10-11-26-13-16/h1-11,13,19H,12H2,(H,22,25)(H,23,24). The first-order valence-electron chi connectivity index (χ1n) is 8.03. The van der Waals surface area contributed by atoms with E-state index in [1.165, 1.54) is 18.6 Å². The van der Waals surface area contributed by atoms with E-state index in [4.69, 9.17) is 16.0 Å². The summed E-state index contributed by atoms with van der Waals surface area (Å²) < 4.78 is 4.86. The zero-order valence-electron chi connectivity index (χ0n) is 13.8. The summed E-state index contributed by atoms with van der Waals surface area (Å²) in [5, 5.41) is 6.14. The first-order valence-corrected chi connectivity index (χ1v) is 8.41. The van der Waals surface area contributed by atoms with E-state index in [1.54, 1.807) is 12.1 Å². The summed E-state index contributed by atoms with van der Waals surface area (Å²) in [6, 6.07) is 18.1. The summed E-state index contributed by atoms with van der Waals surface area (Å²) in [4.78, 5) is 24.3. The molecule has 0 spiro atoms. The minimum atomic E-state index is -0.364. The number of benzene rings is 2. The largest absolute Gasteiger partial charge is 0.472 e. The fourth-order valence-corrected chi connectivity index (χ4v) is 2.65. The Morgan fingerprint density at radius 1 is 0.962 bits per heavy atom. The van der Waals surface area contributed by atoms with Gasteiger partial charge in [-0.2, -0.15) is 0 Å². The third-order valence-electron chi connectivity index (χ3n) is 3.83. The van der Waals surface area contributed by atoms with Crippen molar-refractivity contribution >= 4 is 23.4 Å². The van der Waals surface area contributed by atoms with Gasteiger partial charge in [-0.25, -0.2) is 0 Å². The third kappa shape index (κ3) is 4.52. The van der Waals surface area contributed by atoms with E-state index in [2.05, 4.69) is 10.6 Å². The highest BCUT2D eigenvalue weighted by Crippen LogP contribution is 2.23. The van der Waals surface area contributed by atoms with Crippen LogP contribution in [-0.4, -0.2) is 18.4 Å². The van der Waals surface area contributed by atoms with Gasteiger partial charge in [0.15, 0.2) is 0 Å². The van der Waals surface area contributed by atoms with Crippen LogP contribution in [0.25, 0.3) is 0 Å². The van der Waals surface area contributed by atoms with E-state index < -0.39 is 0 Å². The lowest BCUT2D eigenvalue weighted by Crippen LogP contribution is -2.38. The maximum atomic E-state index is 12.4. The molecule has 2 amide bonds. The van der Waals surface area contributed by atoms with E-state index >= 15 is 0 Å². The molecule has 1 heterocycles. The van der Waals surface area contributed by atoms with Crippen molar-refractivity contribution in [1.29, 1.82) is 0 Å². The number of hydrogen-bond acceptors (Lipinski definition) is 3. The van der Waals surface area contributed by atoms with Gasteiger partial charge in [-0.05, 0) is 29.3 Å². The van der Waals surface area contributed by atoms with E-state index in [0.29, 0.717) is 10.6 Å². The van der Waals surface area contributed by atoms with E-state index in [-0.39, 0.29) is 24.4 Å². The van der Waals surface area contributed by atoms with Crippen molar-refractivity contribution in [2.75, 3.05) is 6.54 Å². The summed E-state index contributed by atoms with van der Waals surface area (Å²) in [5.41, 5.74) is 2.20. The average molecular weight is 369 g/mol. The van der Waals surface area contributed by atoms with Crippen LogP contribution >= 0.6 is 11.6 Å². The Morgan fingerprint density at radius 3 is 2.31 bits per heavy atom. The molecule has 26 heavy (non-hydrogen) atoms. The van der Waals surface area contributed by atoms with Gasteiger partial charge in [0.2, 0.25) is 5.91 Å². The van der Waals surface area contributed by atoms with Gasteiger partial charge >= 0.3 is 0 Å². The topological polar surface area (TPSA) is 71.3 Å². The number of carbonyl (C=O) groups excluding carboxylic acids is 2. The molecule has 0 aliphatic carbocycles. The van der Waals surface area contributed by atoms with Crippen molar-refractivity contribution in [1.82, 2.24) is 10.6 Å².